The average Bonchev–Trinajstić information content (AvgIpc) is 3.18. The lowest BCUT2D eigenvalue weighted by atomic mass is 9.59. The fraction of sp³-hybridized carbons (Fsp3) is 0.290. The van der Waals surface area contributed by atoms with Crippen LogP contribution in [0.4, 0.5) is 5.69 Å². The van der Waals surface area contributed by atoms with Crippen molar-refractivity contribution in [3.63, 3.8) is 0 Å². The third-order valence-electron chi connectivity index (χ3n) is 8.29. The maximum Gasteiger partial charge on any atom is 0.238 e. The number of para-hydroxylation sites is 1. The van der Waals surface area contributed by atoms with Gasteiger partial charge >= 0.3 is 0 Å². The average molecular weight is 544 g/mol. The molecule has 7 nitrogen and oxygen atoms in total. The molecule has 4 atom stereocenters. The number of hydrogen-bond donors (Lipinski definition) is 1. The Morgan fingerprint density at radius 2 is 1.77 bits per heavy atom. The maximum absolute atomic E-state index is 13.9. The van der Waals surface area contributed by atoms with Crippen molar-refractivity contribution in [2.24, 2.45) is 17.8 Å². The van der Waals surface area contributed by atoms with Crippen LogP contribution in [0.2, 0.25) is 5.02 Å². The number of Topliss-reactive ketones (excluding diaryl/α,β-unsaturated/α-hetero) is 1. The van der Waals surface area contributed by atoms with Gasteiger partial charge in [-0.3, -0.25) is 24.1 Å². The summed E-state index contributed by atoms with van der Waals surface area (Å²) in [5, 5.41) is 11.7. The van der Waals surface area contributed by atoms with E-state index < -0.39 is 23.7 Å². The highest BCUT2D eigenvalue weighted by molar-refractivity contribution is 6.31. The number of rotatable bonds is 4. The standard InChI is InChI=1S/C31H26ClNO6/c1-3-39-24-6-4-5-19(29(24)36)25-18-11-12-20-26(21(18)14-22-27(25)23(34)13-15(2)28(22)35)31(38)33(30(20)37)17-9-7-16(32)8-10-17/h4-11,13,20-21,25-26,36H,3,12,14H2,1-2H3/t20-,21+,25+,26-/m0/s1. The van der Waals surface area contributed by atoms with Crippen LogP contribution < -0.4 is 9.64 Å². The van der Waals surface area contributed by atoms with Gasteiger partial charge < -0.3 is 9.84 Å². The van der Waals surface area contributed by atoms with Gasteiger partial charge in [-0.1, -0.05) is 35.4 Å². The van der Waals surface area contributed by atoms with Gasteiger partial charge in [0.1, 0.15) is 0 Å². The van der Waals surface area contributed by atoms with Crippen LogP contribution in [0.15, 0.2) is 76.9 Å². The van der Waals surface area contributed by atoms with Crippen molar-refractivity contribution in [1.29, 1.82) is 0 Å². The number of aromatic hydroxyl groups is 1. The number of carbonyl (C=O) groups excluding carboxylic acids is 4. The summed E-state index contributed by atoms with van der Waals surface area (Å²) in [7, 11) is 0. The number of amides is 2. The van der Waals surface area contributed by atoms with E-state index in [1.54, 1.807) is 56.3 Å². The second-order valence-corrected chi connectivity index (χ2v) is 10.8. The van der Waals surface area contributed by atoms with Gasteiger partial charge in [0.05, 0.1) is 24.1 Å². The van der Waals surface area contributed by atoms with Crippen molar-refractivity contribution >= 4 is 40.7 Å². The van der Waals surface area contributed by atoms with E-state index in [-0.39, 0.29) is 41.3 Å². The van der Waals surface area contributed by atoms with Crippen LogP contribution in [-0.2, 0) is 19.2 Å². The highest BCUT2D eigenvalue weighted by Gasteiger charge is 2.56. The Bertz CT molecular complexity index is 1550. The molecule has 39 heavy (non-hydrogen) atoms. The summed E-state index contributed by atoms with van der Waals surface area (Å²) >= 11 is 6.03. The summed E-state index contributed by atoms with van der Waals surface area (Å²) in [6, 6.07) is 11.6. The minimum absolute atomic E-state index is 0.108. The molecule has 6 rings (SSSR count). The molecule has 0 saturated carbocycles. The van der Waals surface area contributed by atoms with Crippen LogP contribution in [0, 0.1) is 17.8 Å². The normalized spacial score (nSPS) is 26.2. The van der Waals surface area contributed by atoms with Crippen molar-refractivity contribution in [2.45, 2.75) is 32.6 Å². The number of imide groups is 1. The number of halogens is 1. The fourth-order valence-electron chi connectivity index (χ4n) is 6.63. The first-order valence-corrected chi connectivity index (χ1v) is 13.4. The van der Waals surface area contributed by atoms with Gasteiger partial charge in [-0.2, -0.15) is 0 Å². The number of phenols is 1. The van der Waals surface area contributed by atoms with Crippen LogP contribution >= 0.6 is 11.6 Å². The maximum atomic E-state index is 13.9. The molecule has 0 unspecified atom stereocenters. The molecular weight excluding hydrogens is 518 g/mol. The van der Waals surface area contributed by atoms with Gasteiger partial charge in [0.2, 0.25) is 11.8 Å². The summed E-state index contributed by atoms with van der Waals surface area (Å²) in [6.07, 6.45) is 3.75. The highest BCUT2D eigenvalue weighted by atomic mass is 35.5. The Kier molecular flexibility index (Phi) is 6.07. The van der Waals surface area contributed by atoms with Crippen LogP contribution in [-0.4, -0.2) is 35.1 Å². The molecule has 4 aliphatic rings. The lowest BCUT2D eigenvalue weighted by Crippen LogP contribution is -2.39. The van der Waals surface area contributed by atoms with E-state index in [0.29, 0.717) is 46.0 Å². The molecule has 3 aliphatic carbocycles. The predicted molar refractivity (Wildman–Crippen MR) is 145 cm³/mol. The number of allylic oxidation sites excluding steroid dienone is 6. The lowest BCUT2D eigenvalue weighted by molar-refractivity contribution is -0.123. The van der Waals surface area contributed by atoms with Crippen molar-refractivity contribution in [3.8, 4) is 11.5 Å². The molecule has 1 heterocycles. The van der Waals surface area contributed by atoms with E-state index in [4.69, 9.17) is 16.3 Å². The van der Waals surface area contributed by atoms with E-state index in [1.165, 1.54) is 11.0 Å². The first kappa shape index (κ1) is 25.3. The first-order valence-electron chi connectivity index (χ1n) is 13.0. The molecule has 1 N–H and O–H groups in total. The fourth-order valence-corrected chi connectivity index (χ4v) is 6.75. The highest BCUT2D eigenvalue weighted by Crippen LogP contribution is 2.57. The molecule has 198 valence electrons. The molecule has 0 radical (unpaired) electrons. The van der Waals surface area contributed by atoms with E-state index in [2.05, 4.69) is 0 Å². The summed E-state index contributed by atoms with van der Waals surface area (Å²) < 4.78 is 5.61. The van der Waals surface area contributed by atoms with E-state index in [1.807, 2.05) is 6.08 Å². The molecule has 2 aromatic carbocycles. The number of carbonyl (C=O) groups is 4. The second-order valence-electron chi connectivity index (χ2n) is 10.3. The lowest BCUT2D eigenvalue weighted by Gasteiger charge is -2.42. The van der Waals surface area contributed by atoms with Crippen LogP contribution in [0.1, 0.15) is 38.2 Å². The van der Waals surface area contributed by atoms with Gasteiger partial charge in [-0.05, 0) is 69.0 Å². The summed E-state index contributed by atoms with van der Waals surface area (Å²) in [4.78, 5) is 55.5. The summed E-state index contributed by atoms with van der Waals surface area (Å²) in [5.41, 5.74) is 2.65. The minimum Gasteiger partial charge on any atom is -0.504 e. The quantitative estimate of drug-likeness (QED) is 0.328. The zero-order chi connectivity index (χ0) is 27.6. The molecule has 1 fully saturated rings. The van der Waals surface area contributed by atoms with Crippen molar-refractivity contribution < 1.29 is 29.0 Å². The third-order valence-corrected chi connectivity index (χ3v) is 8.54. The topological polar surface area (TPSA) is 101 Å². The van der Waals surface area contributed by atoms with Crippen molar-refractivity contribution in [3.05, 3.63) is 87.5 Å². The van der Waals surface area contributed by atoms with Crippen LogP contribution in [0.5, 0.6) is 11.5 Å². The first-order chi connectivity index (χ1) is 18.7. The molecule has 0 aromatic heterocycles. The minimum atomic E-state index is -0.742. The Balaban J connectivity index is 1.50. The molecule has 0 spiro atoms. The Labute approximate surface area is 230 Å². The summed E-state index contributed by atoms with van der Waals surface area (Å²) in [6.45, 7) is 3.74. The molecular formula is C31H26ClNO6. The Morgan fingerprint density at radius 1 is 1.03 bits per heavy atom. The summed E-state index contributed by atoms with van der Waals surface area (Å²) in [5.74, 6) is -3.50. The molecule has 1 saturated heterocycles. The number of anilines is 1. The van der Waals surface area contributed by atoms with E-state index >= 15 is 0 Å². The zero-order valence-corrected chi connectivity index (χ0v) is 22.2. The number of nitrogens with zero attached hydrogens (tertiary/aromatic N) is 1. The SMILES string of the molecule is CCOc1cccc([C@H]2C3=CC[C@@H]4C(=O)N(c5ccc(Cl)cc5)C(=O)[C@@H]4[C@@H]3CC3=C2C(=O)C=C(C)C3=O)c1O. The van der Waals surface area contributed by atoms with Gasteiger partial charge in [0, 0.05) is 33.2 Å². The smallest absolute Gasteiger partial charge is 0.238 e. The molecule has 2 amide bonds. The largest absolute Gasteiger partial charge is 0.504 e. The zero-order valence-electron chi connectivity index (χ0n) is 21.4. The van der Waals surface area contributed by atoms with Crippen LogP contribution in [0.25, 0.3) is 0 Å². The number of fused-ring (bicyclic) bond motifs is 3. The number of phenolic OH excluding ortho intramolecular Hbond substituents is 1. The monoisotopic (exact) mass is 543 g/mol. The number of ketones is 2. The second kappa shape index (κ2) is 9.35. The number of hydrogen-bond acceptors (Lipinski definition) is 6. The van der Waals surface area contributed by atoms with Gasteiger partial charge in [0.15, 0.2) is 23.1 Å². The molecule has 8 heteroatoms. The predicted octanol–water partition coefficient (Wildman–Crippen LogP) is 5.08. The molecule has 0 bridgehead atoms. The van der Waals surface area contributed by atoms with Gasteiger partial charge in [0.25, 0.3) is 0 Å². The van der Waals surface area contributed by atoms with E-state index in [9.17, 15) is 24.3 Å². The van der Waals surface area contributed by atoms with Crippen LogP contribution in [0.3, 0.4) is 0 Å². The van der Waals surface area contributed by atoms with Crippen molar-refractivity contribution in [1.82, 2.24) is 0 Å². The number of benzene rings is 2. The van der Waals surface area contributed by atoms with E-state index in [0.717, 1.165) is 5.57 Å². The molecule has 1 aliphatic heterocycles. The third kappa shape index (κ3) is 3.79. The Morgan fingerprint density at radius 3 is 2.49 bits per heavy atom. The van der Waals surface area contributed by atoms with Crippen molar-refractivity contribution in [2.75, 3.05) is 11.5 Å². The van der Waals surface area contributed by atoms with Gasteiger partial charge in [-0.15, -0.1) is 0 Å². The molecule has 2 aromatic rings. The Hall–Kier alpha value is -3.97. The van der Waals surface area contributed by atoms with Gasteiger partial charge in [-0.25, -0.2) is 0 Å². The number of ether oxygens (including phenoxy) is 1.